The van der Waals surface area contributed by atoms with Gasteiger partial charge in [0.25, 0.3) is 0 Å². The van der Waals surface area contributed by atoms with Crippen LogP contribution in [0.1, 0.15) is 42.9 Å². The SMILES string of the molecule is CCCCC#Cc1ccc(-c2ccc(C#Cc3cc(F)c(N=C=S)c(F)c3)cc2)cc1. The Balaban J connectivity index is 1.73. The minimum atomic E-state index is -0.824. The van der Waals surface area contributed by atoms with E-state index in [1.165, 1.54) is 0 Å². The Morgan fingerprint density at radius 2 is 1.29 bits per heavy atom. The zero-order chi connectivity index (χ0) is 22.1. The zero-order valence-electron chi connectivity index (χ0n) is 17.0. The van der Waals surface area contributed by atoms with E-state index >= 15 is 0 Å². The lowest BCUT2D eigenvalue weighted by molar-refractivity contribution is 0.587. The molecule has 0 saturated carbocycles. The van der Waals surface area contributed by atoms with Gasteiger partial charge in [-0.15, -0.1) is 0 Å². The Morgan fingerprint density at radius 3 is 1.81 bits per heavy atom. The van der Waals surface area contributed by atoms with Crippen molar-refractivity contribution in [1.82, 2.24) is 0 Å². The average molecular weight is 428 g/mol. The van der Waals surface area contributed by atoms with E-state index in [4.69, 9.17) is 0 Å². The predicted octanol–water partition coefficient (Wildman–Crippen LogP) is 7.31. The van der Waals surface area contributed by atoms with Crippen LogP contribution in [0.5, 0.6) is 0 Å². The number of nitrogens with zero attached hydrogens (tertiary/aromatic N) is 1. The monoisotopic (exact) mass is 427 g/mol. The summed E-state index contributed by atoms with van der Waals surface area (Å²) < 4.78 is 27.8. The summed E-state index contributed by atoms with van der Waals surface area (Å²) >= 11 is 4.39. The number of thiocarbonyl (C=S) groups is 1. The molecule has 0 amide bonds. The highest BCUT2D eigenvalue weighted by Crippen LogP contribution is 2.23. The number of unbranched alkanes of at least 4 members (excludes halogenated alkanes) is 2. The van der Waals surface area contributed by atoms with Gasteiger partial charge in [-0.2, -0.15) is 4.99 Å². The van der Waals surface area contributed by atoms with Gasteiger partial charge in [0.15, 0.2) is 11.6 Å². The van der Waals surface area contributed by atoms with Crippen molar-refractivity contribution in [2.45, 2.75) is 26.2 Å². The molecule has 3 aromatic carbocycles. The number of hydrogen-bond donors (Lipinski definition) is 0. The molecule has 3 rings (SSSR count). The summed E-state index contributed by atoms with van der Waals surface area (Å²) in [7, 11) is 0. The van der Waals surface area contributed by atoms with Crippen molar-refractivity contribution < 1.29 is 8.78 Å². The molecule has 0 saturated heterocycles. The lowest BCUT2D eigenvalue weighted by atomic mass is 10.0. The molecule has 0 spiro atoms. The molecule has 0 aliphatic carbocycles. The van der Waals surface area contributed by atoms with E-state index < -0.39 is 17.3 Å². The van der Waals surface area contributed by atoms with E-state index in [0.717, 1.165) is 53.6 Å². The van der Waals surface area contributed by atoms with E-state index in [0.29, 0.717) is 0 Å². The van der Waals surface area contributed by atoms with Crippen LogP contribution in [0.4, 0.5) is 14.5 Å². The highest BCUT2D eigenvalue weighted by molar-refractivity contribution is 7.78. The second kappa shape index (κ2) is 11.0. The predicted molar refractivity (Wildman–Crippen MR) is 125 cm³/mol. The Labute approximate surface area is 186 Å². The van der Waals surface area contributed by atoms with Gasteiger partial charge < -0.3 is 0 Å². The van der Waals surface area contributed by atoms with Crippen LogP contribution in [0.2, 0.25) is 0 Å². The van der Waals surface area contributed by atoms with Gasteiger partial charge in [-0.1, -0.05) is 61.3 Å². The number of hydrogen-bond acceptors (Lipinski definition) is 2. The van der Waals surface area contributed by atoms with Gasteiger partial charge in [-0.25, -0.2) is 8.78 Å². The smallest absolute Gasteiger partial charge is 0.153 e. The first-order chi connectivity index (χ1) is 15.1. The molecular weight excluding hydrogens is 408 g/mol. The Kier molecular flexibility index (Phi) is 7.85. The fourth-order valence-electron chi connectivity index (χ4n) is 2.86. The highest BCUT2D eigenvalue weighted by Gasteiger charge is 2.09. The molecule has 152 valence electrons. The third kappa shape index (κ3) is 6.21. The summed E-state index contributed by atoms with van der Waals surface area (Å²) in [5.41, 5.74) is 3.64. The van der Waals surface area contributed by atoms with E-state index in [1.807, 2.05) is 53.7 Å². The van der Waals surface area contributed by atoms with Crippen LogP contribution in [-0.2, 0) is 0 Å². The molecular formula is C27H19F2NS. The molecule has 0 aliphatic heterocycles. The standard InChI is InChI=1S/C27H19F2NS/c1-2-3-4-5-6-20-9-13-23(14-10-20)24-15-11-21(12-16-24)7-8-22-17-25(28)27(30-19-31)26(29)18-22/h9-18H,2-4H2,1H3. The van der Waals surface area contributed by atoms with Crippen molar-refractivity contribution in [3.8, 4) is 34.8 Å². The topological polar surface area (TPSA) is 12.4 Å². The van der Waals surface area contributed by atoms with Crippen molar-refractivity contribution in [3.05, 3.63) is 89.0 Å². The zero-order valence-corrected chi connectivity index (χ0v) is 17.8. The van der Waals surface area contributed by atoms with Crippen molar-refractivity contribution in [3.63, 3.8) is 0 Å². The maximum atomic E-state index is 13.9. The summed E-state index contributed by atoms with van der Waals surface area (Å²) in [6.45, 7) is 2.16. The average Bonchev–Trinajstić information content (AvgIpc) is 2.79. The molecule has 0 bridgehead atoms. The summed E-state index contributed by atoms with van der Waals surface area (Å²) in [5.74, 6) is 10.4. The fourth-order valence-corrected chi connectivity index (χ4v) is 2.95. The first-order valence-corrected chi connectivity index (χ1v) is 10.3. The first kappa shape index (κ1) is 22.1. The summed E-state index contributed by atoms with van der Waals surface area (Å²) in [6.07, 6.45) is 3.20. The maximum Gasteiger partial charge on any atom is 0.153 e. The summed E-state index contributed by atoms with van der Waals surface area (Å²) in [6, 6.07) is 18.0. The molecule has 0 heterocycles. The first-order valence-electron chi connectivity index (χ1n) is 9.89. The minimum Gasteiger partial charge on any atom is -0.204 e. The summed E-state index contributed by atoms with van der Waals surface area (Å²) in [4.78, 5) is 3.39. The second-order valence-electron chi connectivity index (χ2n) is 6.80. The van der Waals surface area contributed by atoms with Crippen LogP contribution in [0, 0.1) is 35.3 Å². The van der Waals surface area contributed by atoms with Crippen LogP contribution >= 0.6 is 12.2 Å². The molecule has 1 nitrogen and oxygen atoms in total. The van der Waals surface area contributed by atoms with Gasteiger partial charge in [-0.3, -0.25) is 0 Å². The van der Waals surface area contributed by atoms with Gasteiger partial charge in [0, 0.05) is 23.1 Å². The third-order valence-electron chi connectivity index (χ3n) is 4.52. The third-order valence-corrected chi connectivity index (χ3v) is 4.61. The number of rotatable bonds is 4. The Bertz CT molecular complexity index is 1210. The molecule has 0 unspecified atom stereocenters. The van der Waals surface area contributed by atoms with E-state index in [2.05, 4.69) is 47.8 Å². The molecule has 0 aromatic heterocycles. The van der Waals surface area contributed by atoms with Crippen molar-refractivity contribution in [1.29, 1.82) is 0 Å². The highest BCUT2D eigenvalue weighted by atomic mass is 32.1. The van der Waals surface area contributed by atoms with E-state index in [-0.39, 0.29) is 5.56 Å². The molecule has 0 atom stereocenters. The van der Waals surface area contributed by atoms with Crippen molar-refractivity contribution >= 4 is 23.1 Å². The largest absolute Gasteiger partial charge is 0.204 e. The normalized spacial score (nSPS) is 9.65. The van der Waals surface area contributed by atoms with Crippen LogP contribution in [-0.4, -0.2) is 5.16 Å². The fraction of sp³-hybridized carbons (Fsp3) is 0.148. The van der Waals surface area contributed by atoms with Crippen LogP contribution in [0.25, 0.3) is 11.1 Å². The van der Waals surface area contributed by atoms with Crippen molar-refractivity contribution in [2.75, 3.05) is 0 Å². The van der Waals surface area contributed by atoms with Crippen LogP contribution in [0.3, 0.4) is 0 Å². The van der Waals surface area contributed by atoms with Gasteiger partial charge in [-0.05, 0) is 66.2 Å². The van der Waals surface area contributed by atoms with Crippen molar-refractivity contribution in [2.24, 2.45) is 4.99 Å². The number of halogens is 2. The molecule has 0 N–H and O–H groups in total. The molecule has 0 aliphatic rings. The molecule has 4 heteroatoms. The number of aliphatic imine (C=N–C) groups is 1. The van der Waals surface area contributed by atoms with Gasteiger partial charge in [0.05, 0.1) is 5.16 Å². The van der Waals surface area contributed by atoms with Crippen LogP contribution < -0.4 is 0 Å². The van der Waals surface area contributed by atoms with Gasteiger partial charge >= 0.3 is 0 Å². The lowest BCUT2D eigenvalue weighted by Crippen LogP contribution is -1.86. The molecule has 0 fully saturated rings. The van der Waals surface area contributed by atoms with Gasteiger partial charge in [0.1, 0.15) is 5.69 Å². The minimum absolute atomic E-state index is 0.220. The molecule has 3 aromatic rings. The lowest BCUT2D eigenvalue weighted by Gasteiger charge is -2.02. The van der Waals surface area contributed by atoms with E-state index in [9.17, 15) is 8.78 Å². The Morgan fingerprint density at radius 1 is 0.774 bits per heavy atom. The van der Waals surface area contributed by atoms with Crippen LogP contribution in [0.15, 0.2) is 65.7 Å². The molecule has 0 radical (unpaired) electrons. The Hall–Kier alpha value is -3.56. The quantitative estimate of drug-likeness (QED) is 0.184. The number of benzene rings is 3. The van der Waals surface area contributed by atoms with Gasteiger partial charge in [0.2, 0.25) is 0 Å². The molecule has 31 heavy (non-hydrogen) atoms. The summed E-state index contributed by atoms with van der Waals surface area (Å²) in [5, 5.41) is 1.96. The van der Waals surface area contributed by atoms with E-state index in [1.54, 1.807) is 0 Å². The second-order valence-corrected chi connectivity index (χ2v) is 6.98. The number of isothiocyanates is 1. The maximum absolute atomic E-state index is 13.9.